The van der Waals surface area contributed by atoms with Crippen LogP contribution in [0.25, 0.3) is 11.0 Å². The fourth-order valence-corrected chi connectivity index (χ4v) is 4.26. The van der Waals surface area contributed by atoms with E-state index in [-0.39, 0.29) is 11.6 Å². The molecule has 8 heteroatoms. The third-order valence-corrected chi connectivity index (χ3v) is 5.91. The van der Waals surface area contributed by atoms with Gasteiger partial charge in [-0.3, -0.25) is 4.90 Å². The van der Waals surface area contributed by atoms with Crippen LogP contribution in [0.5, 0.6) is 0 Å². The number of alkyl halides is 3. The van der Waals surface area contributed by atoms with E-state index in [1.54, 1.807) is 12.1 Å². The van der Waals surface area contributed by atoms with Gasteiger partial charge in [0.25, 0.3) is 0 Å². The van der Waals surface area contributed by atoms with Gasteiger partial charge in [-0.1, -0.05) is 39.7 Å². The van der Waals surface area contributed by atoms with Crippen LogP contribution in [0, 0.1) is 0 Å². The van der Waals surface area contributed by atoms with Crippen LogP contribution in [0.15, 0.2) is 46.9 Å². The quantitative estimate of drug-likeness (QED) is 0.445. The number of rotatable bonds is 3. The van der Waals surface area contributed by atoms with E-state index in [1.807, 2.05) is 12.1 Å². The average molecular weight is 473 g/mol. The van der Waals surface area contributed by atoms with Gasteiger partial charge in [0.15, 0.2) is 0 Å². The molecule has 0 atom stereocenters. The van der Waals surface area contributed by atoms with Crippen molar-refractivity contribution in [1.82, 2.24) is 14.5 Å². The van der Waals surface area contributed by atoms with E-state index in [1.165, 1.54) is 16.2 Å². The molecule has 0 amide bonds. The van der Waals surface area contributed by atoms with Crippen molar-refractivity contribution in [2.24, 2.45) is 0 Å². The van der Waals surface area contributed by atoms with Crippen molar-refractivity contribution < 1.29 is 13.2 Å². The van der Waals surface area contributed by atoms with Gasteiger partial charge in [0.05, 0.1) is 11.0 Å². The molecule has 1 fully saturated rings. The molecule has 0 radical (unpaired) electrons. The van der Waals surface area contributed by atoms with Gasteiger partial charge < -0.3 is 4.57 Å². The summed E-state index contributed by atoms with van der Waals surface area (Å²) in [6, 6.07) is 12.6. The highest BCUT2D eigenvalue weighted by Crippen LogP contribution is 2.37. The number of benzene rings is 2. The monoisotopic (exact) mass is 471 g/mol. The molecule has 28 heavy (non-hydrogen) atoms. The summed E-state index contributed by atoms with van der Waals surface area (Å²) in [5, 5.41) is 0.384. The Hall–Kier alpha value is -1.57. The van der Waals surface area contributed by atoms with E-state index in [4.69, 9.17) is 11.6 Å². The summed E-state index contributed by atoms with van der Waals surface area (Å²) >= 11 is 9.37. The first-order valence-electron chi connectivity index (χ1n) is 9.03. The lowest BCUT2D eigenvalue weighted by atomic mass is 10.0. The maximum atomic E-state index is 13.6. The molecule has 0 N–H and O–H groups in total. The van der Waals surface area contributed by atoms with Crippen molar-refractivity contribution in [3.8, 4) is 0 Å². The minimum absolute atomic E-state index is 0.232. The number of halogens is 5. The molecule has 0 saturated carbocycles. The zero-order valence-corrected chi connectivity index (χ0v) is 17.2. The number of hydrogen-bond donors (Lipinski definition) is 0. The first kappa shape index (κ1) is 19.7. The summed E-state index contributed by atoms with van der Waals surface area (Å²) in [5.41, 5.74) is 1.97. The fraction of sp³-hybridized carbons (Fsp3) is 0.350. The second-order valence-electron chi connectivity index (χ2n) is 7.07. The highest BCUT2D eigenvalue weighted by molar-refractivity contribution is 9.10. The van der Waals surface area contributed by atoms with Gasteiger partial charge in [-0.05, 0) is 48.7 Å². The Kier molecular flexibility index (Phi) is 5.42. The van der Waals surface area contributed by atoms with Crippen LogP contribution >= 0.6 is 27.5 Å². The van der Waals surface area contributed by atoms with Gasteiger partial charge in [0.2, 0.25) is 5.82 Å². The molecule has 1 aromatic heterocycles. The molecule has 0 aliphatic carbocycles. The Morgan fingerprint density at radius 3 is 2.39 bits per heavy atom. The molecule has 3 nitrogen and oxygen atoms in total. The van der Waals surface area contributed by atoms with E-state index in [9.17, 15) is 13.2 Å². The minimum Gasteiger partial charge on any atom is -0.317 e. The van der Waals surface area contributed by atoms with E-state index in [0.29, 0.717) is 23.4 Å². The van der Waals surface area contributed by atoms with Crippen LogP contribution < -0.4 is 0 Å². The van der Waals surface area contributed by atoms with Crippen LogP contribution in [-0.2, 0) is 12.7 Å². The van der Waals surface area contributed by atoms with Crippen molar-refractivity contribution in [3.63, 3.8) is 0 Å². The largest absolute Gasteiger partial charge is 0.449 e. The average Bonchev–Trinajstić information content (AvgIpc) is 3.03. The Morgan fingerprint density at radius 2 is 1.75 bits per heavy atom. The Bertz CT molecular complexity index is 977. The topological polar surface area (TPSA) is 21.1 Å². The molecule has 148 valence electrons. The van der Waals surface area contributed by atoms with Crippen molar-refractivity contribution in [3.05, 3.63) is 63.3 Å². The zero-order chi connectivity index (χ0) is 19.9. The van der Waals surface area contributed by atoms with Crippen molar-refractivity contribution in [1.29, 1.82) is 0 Å². The molecule has 0 unspecified atom stereocenters. The smallest absolute Gasteiger partial charge is 0.317 e. The van der Waals surface area contributed by atoms with Gasteiger partial charge in [-0.2, -0.15) is 13.2 Å². The maximum absolute atomic E-state index is 13.6. The zero-order valence-electron chi connectivity index (χ0n) is 14.9. The van der Waals surface area contributed by atoms with E-state index in [0.717, 1.165) is 24.1 Å². The number of piperidine rings is 1. The predicted octanol–water partition coefficient (Wildman–Crippen LogP) is 6.31. The van der Waals surface area contributed by atoms with Crippen LogP contribution in [0.4, 0.5) is 13.2 Å². The standard InChI is InChI=1S/C20H18BrClF3N3/c21-14-3-1-13(2-4-14)12-27-9-7-16(8-10-27)28-18-6-5-15(22)11-17(18)26-19(28)20(23,24)25/h1-6,11,16H,7-10,12H2. The molecule has 1 saturated heterocycles. The lowest BCUT2D eigenvalue weighted by Crippen LogP contribution is -2.35. The van der Waals surface area contributed by atoms with Crippen LogP contribution in [0.2, 0.25) is 5.02 Å². The summed E-state index contributed by atoms with van der Waals surface area (Å²) < 4.78 is 43.2. The highest BCUT2D eigenvalue weighted by Gasteiger charge is 2.39. The molecular formula is C20H18BrClF3N3. The van der Waals surface area contributed by atoms with Crippen LogP contribution in [0.1, 0.15) is 30.3 Å². The molecule has 4 rings (SSSR count). The van der Waals surface area contributed by atoms with Gasteiger partial charge in [-0.25, -0.2) is 4.98 Å². The number of hydrogen-bond acceptors (Lipinski definition) is 2. The Balaban J connectivity index is 1.55. The third-order valence-electron chi connectivity index (χ3n) is 5.15. The predicted molar refractivity (Wildman–Crippen MR) is 107 cm³/mol. The SMILES string of the molecule is FC(F)(F)c1nc2cc(Cl)ccc2n1C1CCN(Cc2ccc(Br)cc2)CC1. The normalized spacial score (nSPS) is 16.8. The summed E-state index contributed by atoms with van der Waals surface area (Å²) in [4.78, 5) is 6.13. The van der Waals surface area contributed by atoms with Crippen molar-refractivity contribution >= 4 is 38.6 Å². The van der Waals surface area contributed by atoms with Crippen LogP contribution in [0.3, 0.4) is 0 Å². The summed E-state index contributed by atoms with van der Waals surface area (Å²) in [7, 11) is 0. The van der Waals surface area contributed by atoms with E-state index in [2.05, 4.69) is 37.9 Å². The van der Waals surface area contributed by atoms with Gasteiger partial charge >= 0.3 is 6.18 Å². The molecule has 2 heterocycles. The van der Waals surface area contributed by atoms with E-state index < -0.39 is 12.0 Å². The molecular weight excluding hydrogens is 455 g/mol. The first-order chi connectivity index (χ1) is 13.3. The second-order valence-corrected chi connectivity index (χ2v) is 8.42. The van der Waals surface area contributed by atoms with Gasteiger partial charge in [0.1, 0.15) is 0 Å². The summed E-state index contributed by atoms with van der Waals surface area (Å²) in [5.74, 6) is -0.837. The minimum atomic E-state index is -4.50. The second kappa shape index (κ2) is 7.69. The number of likely N-dealkylation sites (tertiary alicyclic amines) is 1. The number of fused-ring (bicyclic) bond motifs is 1. The van der Waals surface area contributed by atoms with E-state index >= 15 is 0 Å². The maximum Gasteiger partial charge on any atom is 0.449 e. The summed E-state index contributed by atoms with van der Waals surface area (Å²) in [6.45, 7) is 2.28. The molecule has 1 aliphatic rings. The molecule has 3 aromatic rings. The Morgan fingerprint density at radius 1 is 1.07 bits per heavy atom. The molecule has 1 aliphatic heterocycles. The van der Waals surface area contributed by atoms with Crippen LogP contribution in [-0.4, -0.2) is 27.5 Å². The van der Waals surface area contributed by atoms with Gasteiger partial charge in [-0.15, -0.1) is 0 Å². The number of aromatic nitrogens is 2. The Labute approximate surface area is 174 Å². The lowest BCUT2D eigenvalue weighted by molar-refractivity contribution is -0.147. The highest BCUT2D eigenvalue weighted by atomic mass is 79.9. The summed E-state index contributed by atoms with van der Waals surface area (Å²) in [6.07, 6.45) is -3.21. The van der Waals surface area contributed by atoms with Crippen molar-refractivity contribution in [2.45, 2.75) is 31.6 Å². The molecule has 0 spiro atoms. The number of imidazole rings is 1. The lowest BCUT2D eigenvalue weighted by Gasteiger charge is -2.33. The van der Waals surface area contributed by atoms with Crippen molar-refractivity contribution in [2.75, 3.05) is 13.1 Å². The molecule has 0 bridgehead atoms. The number of nitrogens with zero attached hydrogens (tertiary/aromatic N) is 3. The van der Waals surface area contributed by atoms with Gasteiger partial charge in [0, 0.05) is 35.2 Å². The first-order valence-corrected chi connectivity index (χ1v) is 10.2. The fourth-order valence-electron chi connectivity index (χ4n) is 3.83. The molecule has 2 aromatic carbocycles. The third kappa shape index (κ3) is 4.07.